The molecular weight excluding hydrogens is 228 g/mol. The lowest BCUT2D eigenvalue weighted by Crippen LogP contribution is -2.37. The third kappa shape index (κ3) is 3.66. The van der Waals surface area contributed by atoms with Crippen LogP contribution in [0.15, 0.2) is 12.3 Å². The topological polar surface area (TPSA) is 58.1 Å². The molecule has 1 amide bonds. The van der Waals surface area contributed by atoms with E-state index in [2.05, 4.69) is 15.3 Å². The maximum absolute atomic E-state index is 11.4. The second-order valence-corrected chi connectivity index (χ2v) is 3.49. The minimum Gasteiger partial charge on any atom is -0.355 e. The number of hydrogen-bond donors (Lipinski definition) is 1. The van der Waals surface area contributed by atoms with E-state index >= 15 is 0 Å². The van der Waals surface area contributed by atoms with Crippen LogP contribution in [0.4, 0.5) is 5.82 Å². The summed E-state index contributed by atoms with van der Waals surface area (Å²) in [4.78, 5) is 21.1. The first kappa shape index (κ1) is 12.7. The molecule has 0 aliphatic carbocycles. The summed E-state index contributed by atoms with van der Waals surface area (Å²) in [7, 11) is 0. The fourth-order valence-corrected chi connectivity index (χ4v) is 1.43. The van der Waals surface area contributed by atoms with Gasteiger partial charge >= 0.3 is 0 Å². The molecule has 1 aromatic rings. The molecule has 0 aliphatic heterocycles. The number of carbonyl (C=O) groups is 1. The van der Waals surface area contributed by atoms with E-state index < -0.39 is 0 Å². The molecule has 0 aliphatic rings. The number of rotatable bonds is 5. The van der Waals surface area contributed by atoms with Crippen LogP contribution in [0.3, 0.4) is 0 Å². The van der Waals surface area contributed by atoms with Crippen LogP contribution in [0.25, 0.3) is 0 Å². The Morgan fingerprint density at radius 3 is 2.88 bits per heavy atom. The van der Waals surface area contributed by atoms with Crippen molar-refractivity contribution in [2.75, 3.05) is 24.5 Å². The fraction of sp³-hybridized carbons (Fsp3) is 0.500. The minimum absolute atomic E-state index is 0.0286. The number of nitrogens with zero attached hydrogens (tertiary/aromatic N) is 3. The summed E-state index contributed by atoms with van der Waals surface area (Å²) in [5, 5.41) is 2.92. The van der Waals surface area contributed by atoms with E-state index in [1.54, 1.807) is 12.3 Å². The monoisotopic (exact) mass is 242 g/mol. The zero-order valence-electron chi connectivity index (χ0n) is 9.40. The Morgan fingerprint density at radius 2 is 2.31 bits per heavy atom. The van der Waals surface area contributed by atoms with Gasteiger partial charge in [-0.15, -0.1) is 0 Å². The van der Waals surface area contributed by atoms with Crippen molar-refractivity contribution in [1.82, 2.24) is 15.3 Å². The third-order valence-electron chi connectivity index (χ3n) is 2.03. The molecule has 0 radical (unpaired) electrons. The molecular formula is C10H15ClN4O. The average molecular weight is 243 g/mol. The Hall–Kier alpha value is -1.36. The molecule has 0 spiro atoms. The van der Waals surface area contributed by atoms with Crippen molar-refractivity contribution < 1.29 is 4.79 Å². The number of anilines is 1. The number of hydrogen-bond acceptors (Lipinski definition) is 4. The molecule has 6 heteroatoms. The summed E-state index contributed by atoms with van der Waals surface area (Å²) >= 11 is 5.69. The minimum atomic E-state index is -0.0286. The second-order valence-electron chi connectivity index (χ2n) is 3.15. The smallest absolute Gasteiger partial charge is 0.239 e. The van der Waals surface area contributed by atoms with Gasteiger partial charge in [0.1, 0.15) is 5.82 Å². The van der Waals surface area contributed by atoms with Gasteiger partial charge in [-0.25, -0.2) is 9.97 Å². The lowest BCUT2D eigenvalue weighted by Gasteiger charge is -2.20. The van der Waals surface area contributed by atoms with Crippen LogP contribution in [0.1, 0.15) is 13.8 Å². The molecule has 1 aromatic heterocycles. The molecule has 0 aromatic carbocycles. The second kappa shape index (κ2) is 6.27. The van der Waals surface area contributed by atoms with Gasteiger partial charge in [-0.1, -0.05) is 0 Å². The Kier molecular flexibility index (Phi) is 4.98. The van der Waals surface area contributed by atoms with Gasteiger partial charge in [-0.2, -0.15) is 0 Å². The van der Waals surface area contributed by atoms with Crippen molar-refractivity contribution in [2.45, 2.75) is 13.8 Å². The normalized spacial score (nSPS) is 9.94. The van der Waals surface area contributed by atoms with Gasteiger partial charge in [0.2, 0.25) is 11.2 Å². The highest BCUT2D eigenvalue weighted by molar-refractivity contribution is 6.28. The summed E-state index contributed by atoms with van der Waals surface area (Å²) in [5.74, 6) is 0.632. The van der Waals surface area contributed by atoms with Gasteiger partial charge in [0.15, 0.2) is 0 Å². The average Bonchev–Trinajstić information content (AvgIpc) is 2.26. The number of nitrogens with one attached hydrogen (secondary N) is 1. The van der Waals surface area contributed by atoms with Crippen LogP contribution in [0.2, 0.25) is 5.28 Å². The van der Waals surface area contributed by atoms with Gasteiger partial charge in [0.25, 0.3) is 0 Å². The van der Waals surface area contributed by atoms with Gasteiger partial charge in [0, 0.05) is 19.3 Å². The zero-order chi connectivity index (χ0) is 12.0. The maximum Gasteiger partial charge on any atom is 0.239 e. The summed E-state index contributed by atoms with van der Waals surface area (Å²) in [6, 6.07) is 1.73. The van der Waals surface area contributed by atoms with E-state index in [1.807, 2.05) is 18.7 Å². The molecule has 1 N–H and O–H groups in total. The van der Waals surface area contributed by atoms with E-state index in [9.17, 15) is 4.79 Å². The van der Waals surface area contributed by atoms with Crippen LogP contribution in [-0.4, -0.2) is 35.5 Å². The van der Waals surface area contributed by atoms with Crippen LogP contribution in [-0.2, 0) is 4.79 Å². The summed E-state index contributed by atoms with van der Waals surface area (Å²) in [5.41, 5.74) is 0. The number of likely N-dealkylation sites (N-methyl/N-ethyl adjacent to an activating group) is 2. The molecule has 0 atom stereocenters. The van der Waals surface area contributed by atoms with E-state index in [1.165, 1.54) is 0 Å². The largest absolute Gasteiger partial charge is 0.355 e. The Morgan fingerprint density at radius 1 is 1.56 bits per heavy atom. The van der Waals surface area contributed by atoms with Crippen molar-refractivity contribution in [3.05, 3.63) is 17.5 Å². The van der Waals surface area contributed by atoms with Crippen molar-refractivity contribution in [1.29, 1.82) is 0 Å². The van der Waals surface area contributed by atoms with Crippen molar-refractivity contribution >= 4 is 23.3 Å². The molecule has 1 rings (SSSR count). The predicted octanol–water partition coefficient (Wildman–Crippen LogP) is 1.09. The fourth-order valence-electron chi connectivity index (χ4n) is 1.28. The van der Waals surface area contributed by atoms with E-state index in [0.29, 0.717) is 18.9 Å². The maximum atomic E-state index is 11.4. The highest BCUT2D eigenvalue weighted by Crippen LogP contribution is 2.11. The SMILES string of the molecule is CCNC(=O)CN(CC)c1ccnc(Cl)n1. The lowest BCUT2D eigenvalue weighted by molar-refractivity contribution is -0.119. The van der Waals surface area contributed by atoms with Crippen molar-refractivity contribution in [3.63, 3.8) is 0 Å². The van der Waals surface area contributed by atoms with E-state index in [-0.39, 0.29) is 17.7 Å². The first-order chi connectivity index (χ1) is 7.67. The first-order valence-electron chi connectivity index (χ1n) is 5.17. The highest BCUT2D eigenvalue weighted by Gasteiger charge is 2.10. The number of halogens is 1. The molecule has 5 nitrogen and oxygen atoms in total. The Labute approximate surface area is 99.8 Å². The molecule has 1 heterocycles. The molecule has 0 saturated carbocycles. The molecule has 0 bridgehead atoms. The summed E-state index contributed by atoms with van der Waals surface area (Å²) in [6.45, 7) is 5.42. The molecule has 88 valence electrons. The number of aromatic nitrogens is 2. The van der Waals surface area contributed by atoms with Gasteiger partial charge < -0.3 is 10.2 Å². The van der Waals surface area contributed by atoms with E-state index in [0.717, 1.165) is 0 Å². The molecule has 0 fully saturated rings. The standard InChI is InChI=1S/C10H15ClN4O/c1-3-12-9(16)7-15(4-2)8-5-6-13-10(11)14-8/h5-6H,3-4,7H2,1-2H3,(H,12,16). The van der Waals surface area contributed by atoms with Gasteiger partial charge in [-0.3, -0.25) is 4.79 Å². The lowest BCUT2D eigenvalue weighted by atomic mass is 10.4. The zero-order valence-corrected chi connectivity index (χ0v) is 10.2. The molecule has 16 heavy (non-hydrogen) atoms. The quantitative estimate of drug-likeness (QED) is 0.786. The van der Waals surface area contributed by atoms with Gasteiger partial charge in [-0.05, 0) is 31.5 Å². The van der Waals surface area contributed by atoms with Crippen LogP contribution in [0.5, 0.6) is 0 Å². The first-order valence-corrected chi connectivity index (χ1v) is 5.55. The van der Waals surface area contributed by atoms with Crippen LogP contribution in [0, 0.1) is 0 Å². The predicted molar refractivity (Wildman–Crippen MR) is 63.6 cm³/mol. The Bertz CT molecular complexity index is 358. The summed E-state index contributed by atoms with van der Waals surface area (Å²) < 4.78 is 0. The summed E-state index contributed by atoms with van der Waals surface area (Å²) in [6.07, 6.45) is 1.57. The van der Waals surface area contributed by atoms with Crippen molar-refractivity contribution in [3.8, 4) is 0 Å². The van der Waals surface area contributed by atoms with Crippen LogP contribution >= 0.6 is 11.6 Å². The van der Waals surface area contributed by atoms with E-state index in [4.69, 9.17) is 11.6 Å². The number of carbonyl (C=O) groups excluding carboxylic acids is 1. The highest BCUT2D eigenvalue weighted by atomic mass is 35.5. The Balaban J connectivity index is 2.70. The van der Waals surface area contributed by atoms with Gasteiger partial charge in [0.05, 0.1) is 6.54 Å². The van der Waals surface area contributed by atoms with Crippen molar-refractivity contribution in [2.24, 2.45) is 0 Å². The van der Waals surface area contributed by atoms with Crippen LogP contribution < -0.4 is 10.2 Å². The molecule has 0 unspecified atom stereocenters. The number of amides is 1. The third-order valence-corrected chi connectivity index (χ3v) is 2.21. The molecule has 0 saturated heterocycles.